The normalized spacial score (nSPS) is 10.4. The largest absolute Gasteiger partial charge is 0.497 e. The highest BCUT2D eigenvalue weighted by Gasteiger charge is 2.27. The van der Waals surface area contributed by atoms with E-state index in [2.05, 4.69) is 10.6 Å². The molecule has 1 heterocycles. The molecule has 8 nitrogen and oxygen atoms in total. The maximum Gasteiger partial charge on any atom is 0.341 e. The molecule has 0 fully saturated rings. The number of carbonyl (C=O) groups excluding carboxylic acids is 3. The molecule has 0 bridgehead atoms. The van der Waals surface area contributed by atoms with Gasteiger partial charge in [-0.25, -0.2) is 4.79 Å². The summed E-state index contributed by atoms with van der Waals surface area (Å²) in [5.41, 5.74) is 2.21. The number of hydrogen-bond acceptors (Lipinski definition) is 7. The number of thiophene rings is 1. The van der Waals surface area contributed by atoms with Crippen LogP contribution in [-0.2, 0) is 9.53 Å². The standard InChI is InChI=1S/C25H26N2O6S/c1-5-32-25(30)21-16(3)22(23(29)26-17-8-6-7-15(2)13-17)34-24(21)27-20(28)14-33-19-11-9-18(31-4)10-12-19/h6-13H,5,14H2,1-4H3,(H,26,29)(H,27,28). The molecule has 0 unspecified atom stereocenters. The van der Waals surface area contributed by atoms with Gasteiger partial charge in [0, 0.05) is 5.69 Å². The minimum Gasteiger partial charge on any atom is -0.497 e. The SMILES string of the molecule is CCOC(=O)c1c(NC(=O)COc2ccc(OC)cc2)sc(C(=O)Nc2cccc(C)c2)c1C. The molecule has 0 aliphatic rings. The molecule has 0 aliphatic carbocycles. The van der Waals surface area contributed by atoms with Crippen molar-refractivity contribution in [3.05, 3.63) is 70.1 Å². The van der Waals surface area contributed by atoms with Crippen molar-refractivity contribution in [2.75, 3.05) is 31.0 Å². The minimum atomic E-state index is -0.614. The monoisotopic (exact) mass is 482 g/mol. The Bertz CT molecular complexity index is 1190. The van der Waals surface area contributed by atoms with Crippen LogP contribution in [0.3, 0.4) is 0 Å². The lowest BCUT2D eigenvalue weighted by atomic mass is 10.1. The number of rotatable bonds is 9. The molecule has 3 aromatic rings. The number of methoxy groups -OCH3 is 1. The summed E-state index contributed by atoms with van der Waals surface area (Å²) in [6.45, 7) is 5.14. The van der Waals surface area contributed by atoms with Crippen LogP contribution in [-0.4, -0.2) is 38.1 Å². The smallest absolute Gasteiger partial charge is 0.341 e. The van der Waals surface area contributed by atoms with Crippen LogP contribution in [0, 0.1) is 13.8 Å². The fraction of sp³-hybridized carbons (Fsp3) is 0.240. The lowest BCUT2D eigenvalue weighted by Crippen LogP contribution is -2.21. The molecule has 0 spiro atoms. The molecule has 0 radical (unpaired) electrons. The van der Waals surface area contributed by atoms with E-state index >= 15 is 0 Å². The molecule has 0 atom stereocenters. The summed E-state index contributed by atoms with van der Waals surface area (Å²) in [5.74, 6) is -0.317. The first-order valence-electron chi connectivity index (χ1n) is 10.6. The number of esters is 1. The maximum atomic E-state index is 12.9. The van der Waals surface area contributed by atoms with Gasteiger partial charge in [0.05, 0.1) is 24.2 Å². The van der Waals surface area contributed by atoms with Crippen molar-refractivity contribution in [2.24, 2.45) is 0 Å². The molecule has 178 valence electrons. The van der Waals surface area contributed by atoms with Crippen LogP contribution < -0.4 is 20.1 Å². The van der Waals surface area contributed by atoms with Gasteiger partial charge in [-0.3, -0.25) is 9.59 Å². The summed E-state index contributed by atoms with van der Waals surface area (Å²) in [5, 5.41) is 5.74. The van der Waals surface area contributed by atoms with E-state index in [1.54, 1.807) is 51.3 Å². The third-order valence-electron chi connectivity index (χ3n) is 4.79. The number of nitrogens with one attached hydrogen (secondary N) is 2. The van der Waals surface area contributed by atoms with Crippen molar-refractivity contribution in [1.82, 2.24) is 0 Å². The molecular formula is C25H26N2O6S. The highest BCUT2D eigenvalue weighted by atomic mass is 32.1. The average Bonchev–Trinajstić information content (AvgIpc) is 3.14. The van der Waals surface area contributed by atoms with Gasteiger partial charge < -0.3 is 24.8 Å². The second-order valence-electron chi connectivity index (χ2n) is 7.32. The van der Waals surface area contributed by atoms with Crippen LogP contribution >= 0.6 is 11.3 Å². The summed E-state index contributed by atoms with van der Waals surface area (Å²) in [4.78, 5) is 38.4. The Morgan fingerprint density at radius 2 is 1.68 bits per heavy atom. The van der Waals surface area contributed by atoms with E-state index in [0.717, 1.165) is 16.9 Å². The Morgan fingerprint density at radius 3 is 2.32 bits per heavy atom. The van der Waals surface area contributed by atoms with Gasteiger partial charge in [0.25, 0.3) is 11.8 Å². The van der Waals surface area contributed by atoms with E-state index in [0.29, 0.717) is 27.6 Å². The maximum absolute atomic E-state index is 12.9. The number of benzene rings is 2. The Labute approximate surface area is 201 Å². The van der Waals surface area contributed by atoms with E-state index in [-0.39, 0.29) is 29.7 Å². The topological polar surface area (TPSA) is 103 Å². The second-order valence-corrected chi connectivity index (χ2v) is 8.34. The summed E-state index contributed by atoms with van der Waals surface area (Å²) < 4.78 is 15.7. The van der Waals surface area contributed by atoms with Gasteiger partial charge in [0.15, 0.2) is 6.61 Å². The van der Waals surface area contributed by atoms with Crippen LogP contribution in [0.4, 0.5) is 10.7 Å². The van der Waals surface area contributed by atoms with Gasteiger partial charge in [0.1, 0.15) is 16.5 Å². The average molecular weight is 483 g/mol. The van der Waals surface area contributed by atoms with E-state index in [9.17, 15) is 14.4 Å². The van der Waals surface area contributed by atoms with Crippen LogP contribution in [0.15, 0.2) is 48.5 Å². The lowest BCUT2D eigenvalue weighted by molar-refractivity contribution is -0.118. The van der Waals surface area contributed by atoms with E-state index in [1.165, 1.54) is 0 Å². The van der Waals surface area contributed by atoms with Gasteiger partial charge in [-0.1, -0.05) is 12.1 Å². The predicted octanol–water partition coefficient (Wildman–Crippen LogP) is 4.82. The van der Waals surface area contributed by atoms with E-state index in [1.807, 2.05) is 25.1 Å². The van der Waals surface area contributed by atoms with Crippen molar-refractivity contribution >= 4 is 39.8 Å². The summed E-state index contributed by atoms with van der Waals surface area (Å²) in [6.07, 6.45) is 0. The van der Waals surface area contributed by atoms with Gasteiger partial charge in [-0.2, -0.15) is 0 Å². The fourth-order valence-corrected chi connectivity index (χ4v) is 4.27. The first-order chi connectivity index (χ1) is 16.3. The first-order valence-corrected chi connectivity index (χ1v) is 11.4. The zero-order chi connectivity index (χ0) is 24.7. The molecular weight excluding hydrogens is 456 g/mol. The molecule has 0 saturated heterocycles. The second kappa shape index (κ2) is 11.3. The highest BCUT2D eigenvalue weighted by molar-refractivity contribution is 7.19. The number of amides is 2. The van der Waals surface area contributed by atoms with Crippen LogP contribution in [0.2, 0.25) is 0 Å². The molecule has 2 N–H and O–H groups in total. The number of hydrogen-bond donors (Lipinski definition) is 2. The first kappa shape index (κ1) is 24.8. The van der Waals surface area contributed by atoms with E-state index < -0.39 is 11.9 Å². The van der Waals surface area contributed by atoms with Crippen LogP contribution in [0.25, 0.3) is 0 Å². The number of ether oxygens (including phenoxy) is 3. The van der Waals surface area contributed by atoms with Gasteiger partial charge >= 0.3 is 5.97 Å². The fourth-order valence-electron chi connectivity index (χ4n) is 3.16. The van der Waals surface area contributed by atoms with Crippen LogP contribution in [0.5, 0.6) is 11.5 Å². The zero-order valence-corrected chi connectivity index (χ0v) is 20.2. The molecule has 3 rings (SSSR count). The summed E-state index contributed by atoms with van der Waals surface area (Å²) in [7, 11) is 1.56. The summed E-state index contributed by atoms with van der Waals surface area (Å²) in [6, 6.07) is 14.2. The predicted molar refractivity (Wildman–Crippen MR) is 131 cm³/mol. The molecule has 1 aromatic heterocycles. The number of carbonyl (C=O) groups is 3. The van der Waals surface area contributed by atoms with Crippen molar-refractivity contribution in [1.29, 1.82) is 0 Å². The number of aryl methyl sites for hydroxylation is 1. The third kappa shape index (κ3) is 6.14. The Hall–Kier alpha value is -3.85. The number of anilines is 2. The van der Waals surface area contributed by atoms with Crippen LogP contribution in [0.1, 0.15) is 38.1 Å². The van der Waals surface area contributed by atoms with Crippen molar-refractivity contribution in [3.63, 3.8) is 0 Å². The Morgan fingerprint density at radius 1 is 0.971 bits per heavy atom. The van der Waals surface area contributed by atoms with Crippen molar-refractivity contribution in [2.45, 2.75) is 20.8 Å². The molecule has 9 heteroatoms. The minimum absolute atomic E-state index is 0.152. The van der Waals surface area contributed by atoms with Crippen molar-refractivity contribution < 1.29 is 28.6 Å². The zero-order valence-electron chi connectivity index (χ0n) is 19.4. The third-order valence-corrected chi connectivity index (χ3v) is 6.00. The van der Waals surface area contributed by atoms with Gasteiger partial charge in [0.2, 0.25) is 0 Å². The van der Waals surface area contributed by atoms with Crippen molar-refractivity contribution in [3.8, 4) is 11.5 Å². The van der Waals surface area contributed by atoms with E-state index in [4.69, 9.17) is 14.2 Å². The Balaban J connectivity index is 1.78. The molecule has 2 amide bonds. The quantitative estimate of drug-likeness (QED) is 0.424. The molecule has 34 heavy (non-hydrogen) atoms. The van der Waals surface area contributed by atoms with Gasteiger partial charge in [-0.15, -0.1) is 11.3 Å². The lowest BCUT2D eigenvalue weighted by Gasteiger charge is -2.09. The molecule has 2 aromatic carbocycles. The molecule has 0 saturated carbocycles. The van der Waals surface area contributed by atoms with Gasteiger partial charge in [-0.05, 0) is 68.3 Å². The Kier molecular flexibility index (Phi) is 8.26. The molecule has 0 aliphatic heterocycles. The summed E-state index contributed by atoms with van der Waals surface area (Å²) >= 11 is 1.01. The highest BCUT2D eigenvalue weighted by Crippen LogP contribution is 2.34.